The number of para-hydroxylation sites is 1. The molecule has 2 aliphatic heterocycles. The Kier molecular flexibility index (Phi) is 9.22. The maximum atomic E-state index is 13.0. The highest BCUT2D eigenvalue weighted by molar-refractivity contribution is 6.77. The van der Waals surface area contributed by atoms with E-state index in [1.54, 1.807) is 0 Å². The lowest BCUT2D eigenvalue weighted by molar-refractivity contribution is -0.0927. The third-order valence-electron chi connectivity index (χ3n) is 9.19. The Labute approximate surface area is 258 Å². The first kappa shape index (κ1) is 31.9. The van der Waals surface area contributed by atoms with E-state index >= 15 is 0 Å². The van der Waals surface area contributed by atoms with Crippen molar-refractivity contribution >= 4 is 25.3 Å². The van der Waals surface area contributed by atoms with E-state index in [9.17, 15) is 5.11 Å². The molecule has 0 aromatic heterocycles. The lowest BCUT2D eigenvalue weighted by Crippen LogP contribution is -2.57. The Bertz CT molecular complexity index is 1340. The summed E-state index contributed by atoms with van der Waals surface area (Å²) in [4.78, 5) is 5.01. The minimum absolute atomic E-state index is 0.101. The van der Waals surface area contributed by atoms with Crippen LogP contribution in [0.5, 0.6) is 0 Å². The quantitative estimate of drug-likeness (QED) is 0.218. The van der Waals surface area contributed by atoms with E-state index in [1.165, 1.54) is 0 Å². The molecule has 1 aliphatic carbocycles. The van der Waals surface area contributed by atoms with Crippen molar-refractivity contribution in [2.45, 2.75) is 122 Å². The van der Waals surface area contributed by atoms with Gasteiger partial charge in [0.1, 0.15) is 11.8 Å². The van der Waals surface area contributed by atoms with Gasteiger partial charge in [0.15, 0.2) is 17.7 Å². The second-order valence-electron chi connectivity index (χ2n) is 13.4. The molecule has 1 saturated heterocycles. The van der Waals surface area contributed by atoms with Gasteiger partial charge in [-0.3, -0.25) is 0 Å². The number of rotatable bonds is 10. The maximum Gasteiger partial charge on any atom is 0.203 e. The second-order valence-corrected chi connectivity index (χ2v) is 18.8. The van der Waals surface area contributed by atoms with Crippen LogP contribution in [0.4, 0.5) is 5.69 Å². The lowest BCUT2D eigenvalue weighted by Gasteiger charge is -2.48. The summed E-state index contributed by atoms with van der Waals surface area (Å²) >= 11 is 0. The van der Waals surface area contributed by atoms with Gasteiger partial charge in [0.2, 0.25) is 8.32 Å². The van der Waals surface area contributed by atoms with Crippen LogP contribution in [0.1, 0.15) is 74.3 Å². The van der Waals surface area contributed by atoms with Crippen LogP contribution < -0.4 is 0 Å². The third kappa shape index (κ3) is 5.71. The van der Waals surface area contributed by atoms with E-state index in [4.69, 9.17) is 23.6 Å². The summed E-state index contributed by atoms with van der Waals surface area (Å²) in [5.74, 6) is 0.612. The van der Waals surface area contributed by atoms with Crippen molar-refractivity contribution in [2.24, 2.45) is 4.99 Å². The van der Waals surface area contributed by atoms with E-state index in [2.05, 4.69) is 41.5 Å². The Morgan fingerprint density at radius 2 is 1.44 bits per heavy atom. The first-order valence-corrected chi connectivity index (χ1v) is 18.1. The fraction of sp³-hybridized carbons (Fsp3) is 0.528. The largest absolute Gasteiger partial charge is 0.488 e. The zero-order chi connectivity index (χ0) is 31.1. The van der Waals surface area contributed by atoms with E-state index < -0.39 is 26.3 Å². The van der Waals surface area contributed by atoms with Gasteiger partial charge in [-0.1, -0.05) is 96.1 Å². The molecule has 5 atom stereocenters. The second kappa shape index (κ2) is 12.4. The van der Waals surface area contributed by atoms with E-state index in [0.717, 1.165) is 16.8 Å². The van der Waals surface area contributed by atoms with Crippen LogP contribution in [0.15, 0.2) is 83.1 Å². The third-order valence-corrected chi connectivity index (χ3v) is 15.3. The predicted molar refractivity (Wildman–Crippen MR) is 176 cm³/mol. The number of aliphatic hydroxyl groups is 1. The molecule has 1 fully saturated rings. The topological polar surface area (TPSA) is 69.5 Å². The van der Waals surface area contributed by atoms with Crippen LogP contribution in [-0.4, -0.2) is 55.4 Å². The Morgan fingerprint density at radius 1 is 0.860 bits per heavy atom. The molecule has 3 aliphatic rings. The van der Waals surface area contributed by atoms with Crippen molar-refractivity contribution < 1.29 is 23.7 Å². The van der Waals surface area contributed by atoms with Crippen LogP contribution in [-0.2, 0) is 18.6 Å². The number of benzene rings is 2. The molecule has 2 aromatic rings. The number of nitrogens with zero attached hydrogens (tertiary/aromatic N) is 1. The average Bonchev–Trinajstić information content (AvgIpc) is 3.36. The van der Waals surface area contributed by atoms with E-state index in [-0.39, 0.29) is 18.3 Å². The lowest BCUT2D eigenvalue weighted by atomic mass is 9.65. The first-order chi connectivity index (χ1) is 20.4. The van der Waals surface area contributed by atoms with Gasteiger partial charge in [0.05, 0.1) is 24.0 Å². The van der Waals surface area contributed by atoms with Crippen molar-refractivity contribution in [3.63, 3.8) is 0 Å². The van der Waals surface area contributed by atoms with Crippen molar-refractivity contribution in [1.29, 1.82) is 0 Å². The molecule has 5 rings (SSSR count). The molecular formula is C36H49NO5Si. The van der Waals surface area contributed by atoms with Gasteiger partial charge >= 0.3 is 0 Å². The van der Waals surface area contributed by atoms with Gasteiger partial charge in [-0.25, -0.2) is 4.99 Å². The normalized spacial score (nSPS) is 28.6. The standard InChI is InChI=1S/C36H49NO5Si/c1-22(2)39-34-32(27-16-12-10-13-17-27)36(38,35(34)37-28-18-14-11-15-19-28)29-20-26(9)40-30-21-31(41-33(29)30)42-43(23(3)4,24(5)6)25(7)8/h10-20,22-26,30-31,33,38H,21H2,1-9H3/t26-,30-,31?,33-,36?/m0/s1. The van der Waals surface area contributed by atoms with Crippen LogP contribution in [0.25, 0.3) is 5.57 Å². The molecule has 0 radical (unpaired) electrons. The summed E-state index contributed by atoms with van der Waals surface area (Å²) < 4.78 is 26.7. The SMILES string of the molecule is CC(C)OC1=C(c2ccccc2)C(O)(C2=C[C@H](C)O[C@H]3CC(O[Si](C(C)C)(C(C)C)C(C)C)O[C@@H]23)C1=Nc1ccccc1. The van der Waals surface area contributed by atoms with Crippen molar-refractivity contribution in [2.75, 3.05) is 0 Å². The minimum Gasteiger partial charge on any atom is -0.488 e. The van der Waals surface area contributed by atoms with Gasteiger partial charge < -0.3 is 23.7 Å². The fourth-order valence-electron chi connectivity index (χ4n) is 7.56. The van der Waals surface area contributed by atoms with Gasteiger partial charge in [0, 0.05) is 17.6 Å². The Morgan fingerprint density at radius 3 is 2.00 bits per heavy atom. The molecule has 2 aromatic carbocycles. The number of fused-ring (bicyclic) bond motifs is 1. The molecule has 0 bridgehead atoms. The molecule has 0 spiro atoms. The first-order valence-electron chi connectivity index (χ1n) is 15.9. The van der Waals surface area contributed by atoms with Gasteiger partial charge in [-0.15, -0.1) is 0 Å². The molecular weight excluding hydrogens is 554 g/mol. The predicted octanol–water partition coefficient (Wildman–Crippen LogP) is 8.36. The number of hydrogen-bond donors (Lipinski definition) is 1. The highest BCUT2D eigenvalue weighted by Crippen LogP contribution is 2.54. The molecule has 0 amide bonds. The van der Waals surface area contributed by atoms with Crippen LogP contribution in [0.3, 0.4) is 0 Å². The zero-order valence-electron chi connectivity index (χ0n) is 27.2. The molecule has 232 valence electrons. The van der Waals surface area contributed by atoms with Crippen LogP contribution >= 0.6 is 0 Å². The summed E-state index contributed by atoms with van der Waals surface area (Å²) in [5, 5.41) is 13.0. The summed E-state index contributed by atoms with van der Waals surface area (Å²) in [6.45, 7) is 19.7. The van der Waals surface area contributed by atoms with E-state index in [0.29, 0.717) is 40.1 Å². The summed E-state index contributed by atoms with van der Waals surface area (Å²) in [5.41, 5.74) is 3.35. The molecule has 2 heterocycles. The molecule has 7 heteroatoms. The summed E-state index contributed by atoms with van der Waals surface area (Å²) in [6, 6.07) is 19.7. The Balaban J connectivity index is 1.61. The van der Waals surface area contributed by atoms with Gasteiger partial charge in [-0.2, -0.15) is 0 Å². The fourth-order valence-corrected chi connectivity index (χ4v) is 13.0. The van der Waals surface area contributed by atoms with Crippen molar-refractivity contribution in [3.8, 4) is 0 Å². The number of hydrogen-bond acceptors (Lipinski definition) is 6. The summed E-state index contributed by atoms with van der Waals surface area (Å²) in [6.07, 6.45) is 1.19. The van der Waals surface area contributed by atoms with Gasteiger partial charge in [0.25, 0.3) is 0 Å². The van der Waals surface area contributed by atoms with E-state index in [1.807, 2.05) is 87.5 Å². The average molecular weight is 604 g/mol. The monoisotopic (exact) mass is 603 g/mol. The Hall–Kier alpha value is -2.55. The minimum atomic E-state index is -2.21. The molecule has 2 unspecified atom stereocenters. The highest BCUT2D eigenvalue weighted by atomic mass is 28.4. The highest BCUT2D eigenvalue weighted by Gasteiger charge is 2.61. The number of ether oxygens (including phenoxy) is 3. The van der Waals surface area contributed by atoms with Crippen molar-refractivity contribution in [1.82, 2.24) is 0 Å². The molecule has 6 nitrogen and oxygen atoms in total. The number of aliphatic imine (C=N–C) groups is 1. The zero-order valence-corrected chi connectivity index (χ0v) is 28.2. The summed E-state index contributed by atoms with van der Waals surface area (Å²) in [7, 11) is -2.21. The molecule has 1 N–H and O–H groups in total. The van der Waals surface area contributed by atoms with Gasteiger partial charge in [-0.05, 0) is 55.1 Å². The maximum absolute atomic E-state index is 13.0. The molecule has 0 saturated carbocycles. The smallest absolute Gasteiger partial charge is 0.203 e. The van der Waals surface area contributed by atoms with Crippen LogP contribution in [0, 0.1) is 0 Å². The van der Waals surface area contributed by atoms with Crippen molar-refractivity contribution in [3.05, 3.63) is 83.6 Å². The van der Waals surface area contributed by atoms with Crippen LogP contribution in [0.2, 0.25) is 16.6 Å². The molecule has 43 heavy (non-hydrogen) atoms.